The molecule has 0 heterocycles. The molecule has 0 fully saturated rings. The summed E-state index contributed by atoms with van der Waals surface area (Å²) in [6.07, 6.45) is 0.990. The highest BCUT2D eigenvalue weighted by Crippen LogP contribution is 2.27. The van der Waals surface area contributed by atoms with Gasteiger partial charge in [-0.25, -0.2) is 4.79 Å². The lowest BCUT2D eigenvalue weighted by Gasteiger charge is -2.37. The molecular weight excluding hydrogens is 410 g/mol. The van der Waals surface area contributed by atoms with Gasteiger partial charge >= 0.3 is 6.09 Å². The molecule has 3 N–H and O–H groups in total. The topological polar surface area (TPSA) is 108 Å². The average molecular weight is 450 g/mol. The van der Waals surface area contributed by atoms with Crippen LogP contribution in [0.5, 0.6) is 5.75 Å². The minimum absolute atomic E-state index is 0.00186. The van der Waals surface area contributed by atoms with Crippen molar-refractivity contribution in [3.8, 4) is 5.75 Å². The van der Waals surface area contributed by atoms with Crippen LogP contribution in [0.1, 0.15) is 79.8 Å². The van der Waals surface area contributed by atoms with Crippen LogP contribution in [-0.2, 0) is 14.3 Å². The second kappa shape index (κ2) is 11.7. The van der Waals surface area contributed by atoms with Crippen molar-refractivity contribution in [2.45, 2.75) is 98.0 Å². The molecule has 8 heteroatoms. The number of amides is 3. The van der Waals surface area contributed by atoms with Gasteiger partial charge in [0.1, 0.15) is 23.4 Å². The molecule has 0 radical (unpaired) electrons. The molecule has 1 aromatic rings. The first kappa shape index (κ1) is 27.3. The predicted molar refractivity (Wildman–Crippen MR) is 124 cm³/mol. The van der Waals surface area contributed by atoms with Gasteiger partial charge in [0.25, 0.3) is 0 Å². The summed E-state index contributed by atoms with van der Waals surface area (Å²) in [6, 6.07) is 3.98. The van der Waals surface area contributed by atoms with E-state index in [0.29, 0.717) is 5.56 Å². The molecule has 8 nitrogen and oxygen atoms in total. The Kier molecular flexibility index (Phi) is 10.0. The van der Waals surface area contributed by atoms with Crippen LogP contribution in [0.15, 0.2) is 24.3 Å². The van der Waals surface area contributed by atoms with Crippen molar-refractivity contribution in [2.24, 2.45) is 0 Å². The number of phenolic OH excluding ortho intramolecular Hbond substituents is 1. The Balaban J connectivity index is 3.27. The number of ether oxygens (including phenoxy) is 1. The van der Waals surface area contributed by atoms with Crippen LogP contribution in [0.2, 0.25) is 0 Å². The molecule has 0 aromatic heterocycles. The van der Waals surface area contributed by atoms with Gasteiger partial charge in [-0.1, -0.05) is 25.5 Å². The summed E-state index contributed by atoms with van der Waals surface area (Å²) in [5.41, 5.74) is -0.220. The van der Waals surface area contributed by atoms with E-state index in [1.807, 2.05) is 13.8 Å². The van der Waals surface area contributed by atoms with Crippen molar-refractivity contribution in [2.75, 3.05) is 0 Å². The van der Waals surface area contributed by atoms with Crippen molar-refractivity contribution in [1.29, 1.82) is 0 Å². The summed E-state index contributed by atoms with van der Waals surface area (Å²) >= 11 is 0. The number of rotatable bonds is 9. The Hall–Kier alpha value is -2.77. The summed E-state index contributed by atoms with van der Waals surface area (Å²) in [4.78, 5) is 40.4. The maximum Gasteiger partial charge on any atom is 0.408 e. The van der Waals surface area contributed by atoms with Crippen molar-refractivity contribution in [3.63, 3.8) is 0 Å². The number of carbonyl (C=O) groups is 3. The van der Waals surface area contributed by atoms with Crippen LogP contribution in [-0.4, -0.2) is 51.6 Å². The van der Waals surface area contributed by atoms with E-state index in [1.54, 1.807) is 53.7 Å². The third-order valence-electron chi connectivity index (χ3n) is 4.74. The largest absolute Gasteiger partial charge is 0.508 e. The molecule has 3 unspecified atom stereocenters. The minimum atomic E-state index is -0.975. The second-order valence-electron chi connectivity index (χ2n) is 9.40. The molecular formula is C24H39N3O5. The third kappa shape index (κ3) is 8.40. The molecule has 0 aliphatic rings. The van der Waals surface area contributed by atoms with Gasteiger partial charge in [-0.05, 0) is 72.6 Å². The van der Waals surface area contributed by atoms with E-state index < -0.39 is 29.7 Å². The van der Waals surface area contributed by atoms with Crippen molar-refractivity contribution >= 4 is 17.9 Å². The Bertz CT molecular complexity index is 788. The first-order valence-corrected chi connectivity index (χ1v) is 11.2. The fraction of sp³-hybridized carbons (Fsp3) is 0.625. The van der Waals surface area contributed by atoms with Crippen molar-refractivity contribution in [1.82, 2.24) is 15.5 Å². The van der Waals surface area contributed by atoms with Crippen molar-refractivity contribution in [3.05, 3.63) is 29.8 Å². The van der Waals surface area contributed by atoms with E-state index in [9.17, 15) is 19.5 Å². The van der Waals surface area contributed by atoms with E-state index in [-0.39, 0.29) is 23.7 Å². The van der Waals surface area contributed by atoms with Crippen LogP contribution in [0.25, 0.3) is 0 Å². The van der Waals surface area contributed by atoms with Gasteiger partial charge in [0.05, 0.1) is 0 Å². The van der Waals surface area contributed by atoms with Gasteiger partial charge in [0.15, 0.2) is 0 Å². The number of phenols is 1. The molecule has 3 amide bonds. The highest BCUT2D eigenvalue weighted by molar-refractivity contribution is 5.92. The molecule has 32 heavy (non-hydrogen) atoms. The van der Waals surface area contributed by atoms with E-state index in [2.05, 4.69) is 10.6 Å². The number of carbonyl (C=O) groups excluding carboxylic acids is 3. The SMILES string of the molecule is CCCC(C)NC(=O)C(c1cccc(O)c1)N(C(=O)C(C)NC(=O)OC(C)(C)C)C(C)C. The summed E-state index contributed by atoms with van der Waals surface area (Å²) < 4.78 is 5.25. The summed E-state index contributed by atoms with van der Waals surface area (Å²) in [6.45, 7) is 14.3. The van der Waals surface area contributed by atoms with Crippen LogP contribution >= 0.6 is 0 Å². The van der Waals surface area contributed by atoms with E-state index in [0.717, 1.165) is 12.8 Å². The monoisotopic (exact) mass is 449 g/mol. The Labute approximate surface area is 191 Å². The highest BCUT2D eigenvalue weighted by atomic mass is 16.6. The molecule has 0 saturated heterocycles. The highest BCUT2D eigenvalue weighted by Gasteiger charge is 2.36. The lowest BCUT2D eigenvalue weighted by molar-refractivity contribution is -0.144. The van der Waals surface area contributed by atoms with Gasteiger partial charge in [-0.15, -0.1) is 0 Å². The molecule has 0 aliphatic heterocycles. The number of aromatic hydroxyl groups is 1. The number of nitrogens with zero attached hydrogens (tertiary/aromatic N) is 1. The smallest absolute Gasteiger partial charge is 0.408 e. The molecule has 3 atom stereocenters. The molecule has 180 valence electrons. The molecule has 1 aromatic carbocycles. The zero-order valence-corrected chi connectivity index (χ0v) is 20.6. The Morgan fingerprint density at radius 1 is 1.09 bits per heavy atom. The van der Waals surface area contributed by atoms with E-state index >= 15 is 0 Å². The Morgan fingerprint density at radius 2 is 1.72 bits per heavy atom. The third-order valence-corrected chi connectivity index (χ3v) is 4.74. The lowest BCUT2D eigenvalue weighted by Crippen LogP contribution is -2.54. The standard InChI is InChI=1S/C24H39N3O5/c1-9-11-16(4)25-21(29)20(18-12-10-13-19(28)14-18)27(15(2)3)22(30)17(5)26-23(31)32-24(6,7)8/h10,12-17,20,28H,9,11H2,1-8H3,(H,25,29)(H,26,31). The minimum Gasteiger partial charge on any atom is -0.508 e. The van der Waals surface area contributed by atoms with Gasteiger partial charge in [-0.3, -0.25) is 9.59 Å². The fourth-order valence-corrected chi connectivity index (χ4v) is 3.41. The average Bonchev–Trinajstić information content (AvgIpc) is 2.63. The van der Waals surface area contributed by atoms with Crippen molar-refractivity contribution < 1.29 is 24.2 Å². The lowest BCUT2D eigenvalue weighted by atomic mass is 10.0. The maximum atomic E-state index is 13.4. The Morgan fingerprint density at radius 3 is 2.22 bits per heavy atom. The van der Waals surface area contributed by atoms with Gasteiger partial charge in [0, 0.05) is 12.1 Å². The zero-order chi connectivity index (χ0) is 24.6. The molecule has 0 aliphatic carbocycles. The molecule has 0 bridgehead atoms. The fourth-order valence-electron chi connectivity index (χ4n) is 3.41. The summed E-state index contributed by atoms with van der Waals surface area (Å²) in [5.74, 6) is -0.779. The normalized spacial score (nSPS) is 14.3. The number of alkyl carbamates (subject to hydrolysis) is 1. The van der Waals surface area contributed by atoms with Crippen LogP contribution in [0.3, 0.4) is 0 Å². The maximum absolute atomic E-state index is 13.4. The van der Waals surface area contributed by atoms with Crippen LogP contribution in [0, 0.1) is 0 Å². The number of hydrogen-bond donors (Lipinski definition) is 3. The molecule has 0 spiro atoms. The predicted octanol–water partition coefficient (Wildman–Crippen LogP) is 3.89. The van der Waals surface area contributed by atoms with E-state index in [1.165, 1.54) is 17.0 Å². The van der Waals surface area contributed by atoms with E-state index in [4.69, 9.17) is 4.74 Å². The first-order valence-electron chi connectivity index (χ1n) is 11.2. The summed E-state index contributed by atoms with van der Waals surface area (Å²) in [7, 11) is 0. The quantitative estimate of drug-likeness (QED) is 0.530. The van der Waals surface area contributed by atoms with Crippen LogP contribution in [0.4, 0.5) is 4.79 Å². The summed E-state index contributed by atoms with van der Waals surface area (Å²) in [5, 5.41) is 15.5. The first-order chi connectivity index (χ1) is 14.8. The van der Waals surface area contributed by atoms with Crippen LogP contribution < -0.4 is 10.6 Å². The van der Waals surface area contributed by atoms with Gasteiger partial charge in [-0.2, -0.15) is 0 Å². The molecule has 0 saturated carbocycles. The number of benzene rings is 1. The number of hydrogen-bond acceptors (Lipinski definition) is 5. The van der Waals surface area contributed by atoms with Gasteiger partial charge in [0.2, 0.25) is 11.8 Å². The van der Waals surface area contributed by atoms with Gasteiger partial charge < -0.3 is 25.4 Å². The number of nitrogens with one attached hydrogen (secondary N) is 2. The zero-order valence-electron chi connectivity index (χ0n) is 20.6. The molecule has 1 rings (SSSR count). The second-order valence-corrected chi connectivity index (χ2v) is 9.40.